The summed E-state index contributed by atoms with van der Waals surface area (Å²) in [6, 6.07) is 14.3. The van der Waals surface area contributed by atoms with Gasteiger partial charge in [-0.05, 0) is 17.7 Å². The summed E-state index contributed by atoms with van der Waals surface area (Å²) in [5, 5.41) is 0. The number of halogens is 2. The molecule has 0 aliphatic carbocycles. The zero-order valence-corrected chi connectivity index (χ0v) is 11.9. The average molecular weight is 324 g/mol. The Kier molecular flexibility index (Phi) is 5.07. The van der Waals surface area contributed by atoms with Crippen LogP contribution in [0.3, 0.4) is 0 Å². The third kappa shape index (κ3) is 3.62. The van der Waals surface area contributed by atoms with E-state index >= 15 is 0 Å². The Morgan fingerprint density at radius 1 is 1.11 bits per heavy atom. The van der Waals surface area contributed by atoms with Crippen molar-refractivity contribution in [3.63, 3.8) is 0 Å². The standard InChI is InChI=1S/C15H15BrFNO/c16-13-7-3-2-6-12(13)15(9-18)19-10-11-5-1-4-8-14(11)17/h1-8,15H,9-10,18H2. The molecule has 0 aliphatic rings. The second kappa shape index (κ2) is 6.80. The van der Waals surface area contributed by atoms with Crippen molar-refractivity contribution < 1.29 is 9.13 Å². The highest BCUT2D eigenvalue weighted by molar-refractivity contribution is 9.10. The SMILES string of the molecule is NCC(OCc1ccccc1F)c1ccccc1Br. The molecule has 2 N–H and O–H groups in total. The molecule has 2 nitrogen and oxygen atoms in total. The maximum absolute atomic E-state index is 13.5. The monoisotopic (exact) mass is 323 g/mol. The molecule has 2 aromatic rings. The Hall–Kier alpha value is -1.23. The van der Waals surface area contributed by atoms with Gasteiger partial charge in [-0.25, -0.2) is 4.39 Å². The molecule has 1 unspecified atom stereocenters. The maximum Gasteiger partial charge on any atom is 0.128 e. The Labute approximate surface area is 120 Å². The fourth-order valence-electron chi connectivity index (χ4n) is 1.83. The summed E-state index contributed by atoms with van der Waals surface area (Å²) in [5.41, 5.74) is 7.24. The van der Waals surface area contributed by atoms with Crippen LogP contribution in [0.2, 0.25) is 0 Å². The first kappa shape index (κ1) is 14.2. The Morgan fingerprint density at radius 2 is 1.79 bits per heavy atom. The summed E-state index contributed by atoms with van der Waals surface area (Å²) in [6.07, 6.45) is -0.254. The molecule has 0 bridgehead atoms. The van der Waals surface area contributed by atoms with Crippen molar-refractivity contribution in [1.82, 2.24) is 0 Å². The van der Waals surface area contributed by atoms with Crippen molar-refractivity contribution >= 4 is 15.9 Å². The largest absolute Gasteiger partial charge is 0.367 e. The minimum absolute atomic E-state index is 0.204. The van der Waals surface area contributed by atoms with Gasteiger partial charge in [-0.1, -0.05) is 52.3 Å². The molecule has 0 saturated heterocycles. The highest BCUT2D eigenvalue weighted by Gasteiger charge is 2.14. The van der Waals surface area contributed by atoms with E-state index in [1.807, 2.05) is 24.3 Å². The first-order valence-corrected chi connectivity index (χ1v) is 6.81. The van der Waals surface area contributed by atoms with Gasteiger partial charge in [-0.3, -0.25) is 0 Å². The summed E-state index contributed by atoms with van der Waals surface area (Å²) < 4.78 is 20.2. The lowest BCUT2D eigenvalue weighted by Gasteiger charge is -2.18. The van der Waals surface area contributed by atoms with Crippen LogP contribution in [0.25, 0.3) is 0 Å². The molecular formula is C15H15BrFNO. The summed E-state index contributed by atoms with van der Waals surface area (Å²) in [7, 11) is 0. The van der Waals surface area contributed by atoms with Gasteiger partial charge in [0.05, 0.1) is 12.7 Å². The van der Waals surface area contributed by atoms with Crippen LogP contribution >= 0.6 is 15.9 Å². The number of hydrogen-bond acceptors (Lipinski definition) is 2. The molecule has 0 aromatic heterocycles. The maximum atomic E-state index is 13.5. The van der Waals surface area contributed by atoms with Crippen LogP contribution < -0.4 is 5.73 Å². The van der Waals surface area contributed by atoms with Crippen LogP contribution in [0, 0.1) is 5.82 Å². The molecule has 0 spiro atoms. The normalized spacial score (nSPS) is 12.4. The van der Waals surface area contributed by atoms with Crippen LogP contribution in [0.4, 0.5) is 4.39 Å². The minimum atomic E-state index is -0.259. The first-order chi connectivity index (χ1) is 9.22. The predicted molar refractivity (Wildman–Crippen MR) is 77.1 cm³/mol. The van der Waals surface area contributed by atoms with Crippen molar-refractivity contribution in [3.05, 3.63) is 69.9 Å². The lowest BCUT2D eigenvalue weighted by molar-refractivity contribution is 0.0436. The molecule has 19 heavy (non-hydrogen) atoms. The molecule has 2 rings (SSSR count). The van der Waals surface area contributed by atoms with Crippen LogP contribution in [0.5, 0.6) is 0 Å². The summed E-state index contributed by atoms with van der Waals surface area (Å²) in [6.45, 7) is 0.549. The summed E-state index contributed by atoms with van der Waals surface area (Å²) in [4.78, 5) is 0. The number of benzene rings is 2. The quantitative estimate of drug-likeness (QED) is 0.908. The average Bonchev–Trinajstić information content (AvgIpc) is 2.43. The van der Waals surface area contributed by atoms with Gasteiger partial charge in [0.1, 0.15) is 5.82 Å². The molecule has 2 aromatic carbocycles. The molecule has 0 saturated carbocycles. The third-order valence-electron chi connectivity index (χ3n) is 2.86. The number of rotatable bonds is 5. The first-order valence-electron chi connectivity index (χ1n) is 6.02. The van der Waals surface area contributed by atoms with Crippen molar-refractivity contribution in [2.75, 3.05) is 6.54 Å². The molecule has 0 fully saturated rings. The summed E-state index contributed by atoms with van der Waals surface area (Å²) >= 11 is 3.47. The van der Waals surface area contributed by atoms with Gasteiger partial charge in [-0.15, -0.1) is 0 Å². The molecular weight excluding hydrogens is 309 g/mol. The fraction of sp³-hybridized carbons (Fsp3) is 0.200. The van der Waals surface area contributed by atoms with E-state index in [1.54, 1.807) is 18.2 Å². The van der Waals surface area contributed by atoms with E-state index < -0.39 is 0 Å². The molecule has 0 heterocycles. The lowest BCUT2D eigenvalue weighted by atomic mass is 10.1. The number of nitrogens with two attached hydrogens (primary N) is 1. The molecule has 4 heteroatoms. The van der Waals surface area contributed by atoms with Crippen molar-refractivity contribution in [2.24, 2.45) is 5.73 Å². The molecule has 1 atom stereocenters. The Bertz CT molecular complexity index is 547. The van der Waals surface area contributed by atoms with Gasteiger partial charge >= 0.3 is 0 Å². The van der Waals surface area contributed by atoms with Crippen LogP contribution in [0.15, 0.2) is 53.0 Å². The van der Waals surface area contributed by atoms with Crippen LogP contribution in [-0.4, -0.2) is 6.54 Å². The minimum Gasteiger partial charge on any atom is -0.367 e. The zero-order chi connectivity index (χ0) is 13.7. The van der Waals surface area contributed by atoms with Gasteiger partial charge in [0.25, 0.3) is 0 Å². The number of ether oxygens (including phenoxy) is 1. The fourth-order valence-corrected chi connectivity index (χ4v) is 2.37. The third-order valence-corrected chi connectivity index (χ3v) is 3.59. The lowest BCUT2D eigenvalue weighted by Crippen LogP contribution is -2.16. The van der Waals surface area contributed by atoms with E-state index in [4.69, 9.17) is 10.5 Å². The van der Waals surface area contributed by atoms with E-state index in [0.717, 1.165) is 10.0 Å². The van der Waals surface area contributed by atoms with E-state index in [-0.39, 0.29) is 18.5 Å². The van der Waals surface area contributed by atoms with Gasteiger partial charge in [-0.2, -0.15) is 0 Å². The zero-order valence-electron chi connectivity index (χ0n) is 10.4. The highest BCUT2D eigenvalue weighted by atomic mass is 79.9. The van der Waals surface area contributed by atoms with Gasteiger partial charge in [0.2, 0.25) is 0 Å². The highest BCUT2D eigenvalue weighted by Crippen LogP contribution is 2.26. The molecule has 0 radical (unpaired) electrons. The smallest absolute Gasteiger partial charge is 0.128 e. The van der Waals surface area contributed by atoms with Crippen molar-refractivity contribution in [1.29, 1.82) is 0 Å². The Morgan fingerprint density at radius 3 is 2.47 bits per heavy atom. The van der Waals surface area contributed by atoms with Crippen molar-refractivity contribution in [2.45, 2.75) is 12.7 Å². The topological polar surface area (TPSA) is 35.2 Å². The second-order valence-electron chi connectivity index (χ2n) is 4.15. The van der Waals surface area contributed by atoms with Gasteiger partial charge < -0.3 is 10.5 Å². The second-order valence-corrected chi connectivity index (χ2v) is 5.00. The van der Waals surface area contributed by atoms with E-state index in [2.05, 4.69) is 15.9 Å². The van der Waals surface area contributed by atoms with E-state index in [0.29, 0.717) is 12.1 Å². The Balaban J connectivity index is 2.09. The van der Waals surface area contributed by atoms with Crippen LogP contribution in [0.1, 0.15) is 17.2 Å². The van der Waals surface area contributed by atoms with E-state index in [9.17, 15) is 4.39 Å². The van der Waals surface area contributed by atoms with Gasteiger partial charge in [0, 0.05) is 16.6 Å². The van der Waals surface area contributed by atoms with Crippen molar-refractivity contribution in [3.8, 4) is 0 Å². The summed E-state index contributed by atoms with van der Waals surface area (Å²) in [5.74, 6) is -0.259. The molecule has 100 valence electrons. The van der Waals surface area contributed by atoms with E-state index in [1.165, 1.54) is 6.07 Å². The predicted octanol–water partition coefficient (Wildman–Crippen LogP) is 3.80. The molecule has 0 amide bonds. The number of hydrogen-bond donors (Lipinski definition) is 1. The molecule has 0 aliphatic heterocycles. The van der Waals surface area contributed by atoms with Gasteiger partial charge in [0.15, 0.2) is 0 Å². The van der Waals surface area contributed by atoms with Crippen LogP contribution in [-0.2, 0) is 11.3 Å².